The molecule has 2 atom stereocenters. The maximum atomic E-state index is 12.6. The van der Waals surface area contributed by atoms with Crippen LogP contribution in [0.5, 0.6) is 11.5 Å². The zero-order chi connectivity index (χ0) is 19.5. The van der Waals surface area contributed by atoms with Crippen molar-refractivity contribution in [3.05, 3.63) is 54.1 Å². The van der Waals surface area contributed by atoms with Crippen LogP contribution in [0.15, 0.2) is 48.5 Å². The summed E-state index contributed by atoms with van der Waals surface area (Å²) in [7, 11) is 0. The molecule has 28 heavy (non-hydrogen) atoms. The summed E-state index contributed by atoms with van der Waals surface area (Å²) in [4.78, 5) is 15.1. The van der Waals surface area contributed by atoms with Crippen molar-refractivity contribution in [1.82, 2.24) is 5.32 Å². The molecule has 5 nitrogen and oxygen atoms in total. The van der Waals surface area contributed by atoms with Crippen LogP contribution in [0.2, 0.25) is 0 Å². The van der Waals surface area contributed by atoms with E-state index in [0.717, 1.165) is 24.6 Å². The van der Waals surface area contributed by atoms with Crippen molar-refractivity contribution in [1.29, 1.82) is 0 Å². The summed E-state index contributed by atoms with van der Waals surface area (Å²) >= 11 is 0. The highest BCUT2D eigenvalue weighted by molar-refractivity contribution is 5.82. The van der Waals surface area contributed by atoms with E-state index in [4.69, 9.17) is 9.47 Å². The largest absolute Gasteiger partial charge is 0.485 e. The lowest BCUT2D eigenvalue weighted by Crippen LogP contribution is -2.44. The fourth-order valence-electron chi connectivity index (χ4n) is 3.78. The molecule has 0 unspecified atom stereocenters. The highest BCUT2D eigenvalue weighted by Gasteiger charge is 2.28. The van der Waals surface area contributed by atoms with E-state index in [0.29, 0.717) is 11.5 Å². The van der Waals surface area contributed by atoms with Gasteiger partial charge in [0.15, 0.2) is 11.5 Å². The van der Waals surface area contributed by atoms with Crippen LogP contribution in [0, 0.1) is 5.92 Å². The smallest absolute Gasteiger partial charge is 0.265 e. The number of rotatable bonds is 4. The number of carbonyl (C=O) groups is 1. The first-order valence-corrected chi connectivity index (χ1v) is 10.1. The number of nitrogens with one attached hydrogen (secondary N) is 1. The van der Waals surface area contributed by atoms with Crippen molar-refractivity contribution in [2.45, 2.75) is 38.8 Å². The van der Waals surface area contributed by atoms with Gasteiger partial charge in [0.25, 0.3) is 5.91 Å². The highest BCUT2D eigenvalue weighted by Crippen LogP contribution is 2.31. The first-order chi connectivity index (χ1) is 13.6. The molecule has 1 saturated heterocycles. The SMILES string of the molecule is CC1CCN(c2ccc([C@@H](C)NC(=O)[C@H]3COc4ccccc4O3)cc2)CC1. The van der Waals surface area contributed by atoms with Crippen LogP contribution in [0.4, 0.5) is 5.69 Å². The van der Waals surface area contributed by atoms with Crippen LogP contribution in [0.3, 0.4) is 0 Å². The Morgan fingerprint density at radius 3 is 2.46 bits per heavy atom. The molecule has 0 radical (unpaired) electrons. The van der Waals surface area contributed by atoms with Gasteiger partial charge in [-0.05, 0) is 55.5 Å². The molecule has 1 N–H and O–H groups in total. The Bertz CT molecular complexity index is 813. The Balaban J connectivity index is 1.34. The third-order valence-electron chi connectivity index (χ3n) is 5.70. The van der Waals surface area contributed by atoms with E-state index >= 15 is 0 Å². The van der Waals surface area contributed by atoms with Crippen LogP contribution >= 0.6 is 0 Å². The highest BCUT2D eigenvalue weighted by atomic mass is 16.6. The van der Waals surface area contributed by atoms with Gasteiger partial charge in [0, 0.05) is 18.8 Å². The molecule has 4 rings (SSSR count). The third kappa shape index (κ3) is 4.08. The van der Waals surface area contributed by atoms with Gasteiger partial charge in [-0.15, -0.1) is 0 Å². The van der Waals surface area contributed by atoms with Crippen molar-refractivity contribution in [3.8, 4) is 11.5 Å². The number of nitrogens with zero attached hydrogens (tertiary/aromatic N) is 1. The topological polar surface area (TPSA) is 50.8 Å². The molecule has 0 bridgehead atoms. The van der Waals surface area contributed by atoms with Crippen LogP contribution in [0.25, 0.3) is 0 Å². The lowest BCUT2D eigenvalue weighted by atomic mass is 9.98. The zero-order valence-electron chi connectivity index (χ0n) is 16.6. The standard InChI is InChI=1S/C23H28N2O3/c1-16-11-13-25(14-12-16)19-9-7-18(8-10-19)17(2)24-23(26)22-15-27-20-5-3-4-6-21(20)28-22/h3-10,16-17,22H,11-15H2,1-2H3,(H,24,26)/t17-,22-/m1/s1. The van der Waals surface area contributed by atoms with E-state index in [9.17, 15) is 4.79 Å². The van der Waals surface area contributed by atoms with E-state index in [2.05, 4.69) is 41.4 Å². The molecule has 2 aromatic rings. The molecule has 0 aliphatic carbocycles. The minimum Gasteiger partial charge on any atom is -0.485 e. The third-order valence-corrected chi connectivity index (χ3v) is 5.70. The second-order valence-electron chi connectivity index (χ2n) is 7.86. The summed E-state index contributed by atoms with van der Waals surface area (Å²) in [6.45, 7) is 6.78. The number of ether oxygens (including phenoxy) is 2. The number of fused-ring (bicyclic) bond motifs is 1. The average Bonchev–Trinajstić information content (AvgIpc) is 2.74. The van der Waals surface area contributed by atoms with E-state index in [1.165, 1.54) is 18.5 Å². The molecule has 1 fully saturated rings. The number of hydrogen-bond acceptors (Lipinski definition) is 4. The van der Waals surface area contributed by atoms with Crippen molar-refractivity contribution < 1.29 is 14.3 Å². The number of amides is 1. The molecule has 5 heteroatoms. The fraction of sp³-hybridized carbons (Fsp3) is 0.435. The minimum absolute atomic E-state index is 0.0938. The maximum Gasteiger partial charge on any atom is 0.265 e. The molecule has 2 aliphatic heterocycles. The number of piperidine rings is 1. The van der Waals surface area contributed by atoms with Crippen molar-refractivity contribution in [2.75, 3.05) is 24.6 Å². The Hall–Kier alpha value is -2.69. The number of anilines is 1. The summed E-state index contributed by atoms with van der Waals surface area (Å²) in [6, 6.07) is 15.8. The molecule has 2 aromatic carbocycles. The monoisotopic (exact) mass is 380 g/mol. The van der Waals surface area contributed by atoms with Crippen molar-refractivity contribution in [2.24, 2.45) is 5.92 Å². The van der Waals surface area contributed by atoms with Crippen LogP contribution in [-0.4, -0.2) is 31.7 Å². The Morgan fingerprint density at radius 2 is 1.75 bits per heavy atom. The van der Waals surface area contributed by atoms with Gasteiger partial charge in [0.1, 0.15) is 6.61 Å². The summed E-state index contributed by atoms with van der Waals surface area (Å²) < 4.78 is 11.4. The molecular formula is C23H28N2O3. The summed E-state index contributed by atoms with van der Waals surface area (Å²) in [5.41, 5.74) is 2.34. The Morgan fingerprint density at radius 1 is 1.07 bits per heavy atom. The van der Waals surface area contributed by atoms with E-state index < -0.39 is 6.10 Å². The summed E-state index contributed by atoms with van der Waals surface area (Å²) in [6.07, 6.45) is 1.87. The van der Waals surface area contributed by atoms with Gasteiger partial charge in [-0.3, -0.25) is 4.79 Å². The average molecular weight is 380 g/mol. The molecular weight excluding hydrogens is 352 g/mol. The molecule has 148 valence electrons. The predicted molar refractivity (Wildman–Crippen MR) is 110 cm³/mol. The fourth-order valence-corrected chi connectivity index (χ4v) is 3.78. The van der Waals surface area contributed by atoms with Gasteiger partial charge >= 0.3 is 0 Å². The van der Waals surface area contributed by atoms with E-state index in [1.54, 1.807) is 0 Å². The molecule has 0 saturated carbocycles. The predicted octanol–water partition coefficient (Wildman–Crippen LogP) is 3.94. The van der Waals surface area contributed by atoms with Gasteiger partial charge < -0.3 is 19.7 Å². The molecule has 2 aliphatic rings. The normalized spacial score (nSPS) is 20.5. The Labute approximate surface area is 166 Å². The molecule has 0 aromatic heterocycles. The Kier molecular flexibility index (Phi) is 5.42. The van der Waals surface area contributed by atoms with Crippen LogP contribution in [0.1, 0.15) is 38.3 Å². The van der Waals surface area contributed by atoms with Gasteiger partial charge in [0.05, 0.1) is 6.04 Å². The quantitative estimate of drug-likeness (QED) is 0.873. The first kappa shape index (κ1) is 18.7. The van der Waals surface area contributed by atoms with Crippen molar-refractivity contribution in [3.63, 3.8) is 0 Å². The first-order valence-electron chi connectivity index (χ1n) is 10.1. The molecule has 0 spiro atoms. The maximum absolute atomic E-state index is 12.6. The van der Waals surface area contributed by atoms with E-state index in [1.807, 2.05) is 31.2 Å². The number of hydrogen-bond donors (Lipinski definition) is 1. The summed E-state index contributed by atoms with van der Waals surface area (Å²) in [5, 5.41) is 3.04. The second kappa shape index (κ2) is 8.13. The van der Waals surface area contributed by atoms with Gasteiger partial charge in [-0.25, -0.2) is 0 Å². The van der Waals surface area contributed by atoms with Gasteiger partial charge in [-0.2, -0.15) is 0 Å². The number of benzene rings is 2. The van der Waals surface area contributed by atoms with Crippen molar-refractivity contribution >= 4 is 11.6 Å². The van der Waals surface area contributed by atoms with Gasteiger partial charge in [0.2, 0.25) is 6.10 Å². The minimum atomic E-state index is -0.632. The number of carbonyl (C=O) groups excluding carboxylic acids is 1. The molecule has 1 amide bonds. The van der Waals surface area contributed by atoms with E-state index in [-0.39, 0.29) is 18.6 Å². The lowest BCUT2D eigenvalue weighted by Gasteiger charge is -2.32. The lowest BCUT2D eigenvalue weighted by molar-refractivity contribution is -0.131. The van der Waals surface area contributed by atoms with Crippen LogP contribution < -0.4 is 19.7 Å². The zero-order valence-corrected chi connectivity index (χ0v) is 16.6. The summed E-state index contributed by atoms with van der Waals surface area (Å²) in [5.74, 6) is 1.96. The molecule has 2 heterocycles. The number of para-hydroxylation sites is 2. The second-order valence-corrected chi connectivity index (χ2v) is 7.86. The van der Waals surface area contributed by atoms with Gasteiger partial charge in [-0.1, -0.05) is 31.2 Å². The van der Waals surface area contributed by atoms with Crippen LogP contribution in [-0.2, 0) is 4.79 Å².